The minimum atomic E-state index is 0.00909. The van der Waals surface area contributed by atoms with Gasteiger partial charge in [-0.25, -0.2) is 4.98 Å². The summed E-state index contributed by atoms with van der Waals surface area (Å²) < 4.78 is 11.3. The van der Waals surface area contributed by atoms with Crippen molar-refractivity contribution in [3.8, 4) is 21.4 Å². The zero-order valence-electron chi connectivity index (χ0n) is 15.2. The number of aromatic nitrogens is 1. The summed E-state index contributed by atoms with van der Waals surface area (Å²) in [7, 11) is 0. The number of carbonyl (C=O) groups excluding carboxylic acids is 1. The van der Waals surface area contributed by atoms with E-state index < -0.39 is 0 Å². The van der Waals surface area contributed by atoms with E-state index in [9.17, 15) is 4.79 Å². The Balaban J connectivity index is 1.29. The maximum atomic E-state index is 12.7. The molecule has 1 fully saturated rings. The molecule has 5 rings (SSSR count). The van der Waals surface area contributed by atoms with Crippen molar-refractivity contribution in [3.05, 3.63) is 52.3 Å². The molecule has 0 saturated heterocycles. The molecule has 1 unspecified atom stereocenters. The number of carbonyl (C=O) groups is 1. The lowest BCUT2D eigenvalue weighted by Crippen LogP contribution is -2.31. The van der Waals surface area contributed by atoms with Gasteiger partial charge in [0.25, 0.3) is 0 Å². The first-order valence-corrected chi connectivity index (χ1v) is 11.2. The Morgan fingerprint density at radius 3 is 2.82 bits per heavy atom. The number of rotatable bonds is 6. The van der Waals surface area contributed by atoms with Gasteiger partial charge in [-0.05, 0) is 47.9 Å². The maximum Gasteiger partial charge on any atom is 0.226 e. The summed E-state index contributed by atoms with van der Waals surface area (Å²) in [6.07, 6.45) is 2.58. The first-order chi connectivity index (χ1) is 13.8. The second kappa shape index (κ2) is 7.56. The van der Waals surface area contributed by atoms with Gasteiger partial charge in [0.2, 0.25) is 5.91 Å². The van der Waals surface area contributed by atoms with Gasteiger partial charge in [0.15, 0.2) is 11.5 Å². The number of nitrogens with one attached hydrogen (secondary N) is 1. The quantitative estimate of drug-likeness (QED) is 0.650. The molecule has 1 amide bonds. The number of ether oxygens (including phenoxy) is 2. The molecule has 144 valence electrons. The second-order valence-electron chi connectivity index (χ2n) is 7.08. The minimum Gasteiger partial charge on any atom is -0.486 e. The summed E-state index contributed by atoms with van der Waals surface area (Å²) >= 11 is 3.25. The molecule has 0 radical (unpaired) electrons. The van der Waals surface area contributed by atoms with Crippen molar-refractivity contribution in [2.45, 2.75) is 25.3 Å². The molecule has 7 heteroatoms. The highest BCUT2D eigenvalue weighted by Crippen LogP contribution is 2.43. The molecule has 1 aliphatic carbocycles. The van der Waals surface area contributed by atoms with Crippen LogP contribution in [0.1, 0.15) is 30.1 Å². The summed E-state index contributed by atoms with van der Waals surface area (Å²) in [5.74, 6) is 2.04. The minimum absolute atomic E-state index is 0.00909. The van der Waals surface area contributed by atoms with Gasteiger partial charge in [0.1, 0.15) is 18.2 Å². The number of hydrogen-bond acceptors (Lipinski definition) is 6. The van der Waals surface area contributed by atoms with Gasteiger partial charge < -0.3 is 14.8 Å². The topological polar surface area (TPSA) is 60.5 Å². The molecular formula is C21H20N2O3S2. The van der Waals surface area contributed by atoms with Gasteiger partial charge in [-0.1, -0.05) is 12.1 Å². The third kappa shape index (κ3) is 3.77. The molecule has 0 spiro atoms. The van der Waals surface area contributed by atoms with Crippen LogP contribution in [0.15, 0.2) is 41.1 Å². The van der Waals surface area contributed by atoms with Crippen molar-refractivity contribution in [1.29, 1.82) is 0 Å². The third-order valence-electron chi connectivity index (χ3n) is 4.96. The Morgan fingerprint density at radius 2 is 2.04 bits per heavy atom. The monoisotopic (exact) mass is 412 g/mol. The van der Waals surface area contributed by atoms with Crippen LogP contribution in [0.2, 0.25) is 0 Å². The normalized spacial score (nSPS) is 16.6. The molecule has 0 bridgehead atoms. The van der Waals surface area contributed by atoms with Gasteiger partial charge in [0.05, 0.1) is 23.0 Å². The molecule has 1 saturated carbocycles. The summed E-state index contributed by atoms with van der Waals surface area (Å²) in [6, 6.07) is 10.1. The van der Waals surface area contributed by atoms with E-state index >= 15 is 0 Å². The van der Waals surface area contributed by atoms with E-state index in [1.54, 1.807) is 22.7 Å². The van der Waals surface area contributed by atoms with Crippen LogP contribution in [0.25, 0.3) is 9.88 Å². The lowest BCUT2D eigenvalue weighted by atomic mass is 10.0. The molecule has 28 heavy (non-hydrogen) atoms. The Bertz CT molecular complexity index is 979. The van der Waals surface area contributed by atoms with Gasteiger partial charge >= 0.3 is 0 Å². The Hall–Kier alpha value is -2.38. The number of benzene rings is 1. The van der Waals surface area contributed by atoms with E-state index in [1.807, 2.05) is 35.0 Å². The van der Waals surface area contributed by atoms with Gasteiger partial charge in [-0.3, -0.25) is 4.79 Å². The van der Waals surface area contributed by atoms with Crippen LogP contribution >= 0.6 is 22.7 Å². The lowest BCUT2D eigenvalue weighted by molar-refractivity contribution is -0.121. The predicted molar refractivity (Wildman–Crippen MR) is 110 cm³/mol. The highest BCUT2D eigenvalue weighted by Gasteiger charge is 2.34. The summed E-state index contributed by atoms with van der Waals surface area (Å²) in [5, 5.41) is 8.22. The lowest BCUT2D eigenvalue weighted by Gasteiger charge is -2.23. The van der Waals surface area contributed by atoms with Crippen molar-refractivity contribution >= 4 is 28.6 Å². The van der Waals surface area contributed by atoms with Crippen LogP contribution in [0.3, 0.4) is 0 Å². The van der Waals surface area contributed by atoms with Gasteiger partial charge in [0, 0.05) is 5.38 Å². The van der Waals surface area contributed by atoms with E-state index in [0.717, 1.165) is 45.5 Å². The molecule has 2 aliphatic rings. The second-order valence-corrected chi connectivity index (χ2v) is 8.89. The van der Waals surface area contributed by atoms with Crippen LogP contribution < -0.4 is 14.8 Å². The van der Waals surface area contributed by atoms with E-state index in [0.29, 0.717) is 25.6 Å². The van der Waals surface area contributed by atoms with E-state index in [4.69, 9.17) is 9.47 Å². The van der Waals surface area contributed by atoms with Crippen LogP contribution in [0.4, 0.5) is 0 Å². The van der Waals surface area contributed by atoms with E-state index in [2.05, 4.69) is 16.4 Å². The largest absolute Gasteiger partial charge is 0.486 e. The smallest absolute Gasteiger partial charge is 0.226 e. The van der Waals surface area contributed by atoms with Crippen LogP contribution in [0.5, 0.6) is 11.5 Å². The molecule has 1 atom stereocenters. The molecule has 3 heterocycles. The van der Waals surface area contributed by atoms with Crippen LogP contribution in [-0.2, 0) is 11.2 Å². The van der Waals surface area contributed by atoms with E-state index in [1.165, 1.54) is 0 Å². The molecule has 1 aliphatic heterocycles. The molecule has 1 aromatic carbocycles. The van der Waals surface area contributed by atoms with Crippen molar-refractivity contribution in [1.82, 2.24) is 10.3 Å². The average Bonchev–Trinajstić information content (AvgIpc) is 3.20. The fourth-order valence-electron chi connectivity index (χ4n) is 3.45. The van der Waals surface area contributed by atoms with Gasteiger partial charge in [-0.2, -0.15) is 0 Å². The fraction of sp³-hybridized carbons (Fsp3) is 0.333. The van der Waals surface area contributed by atoms with Crippen LogP contribution in [0, 0.1) is 5.92 Å². The zero-order valence-corrected chi connectivity index (χ0v) is 16.9. The first-order valence-electron chi connectivity index (χ1n) is 9.43. The van der Waals surface area contributed by atoms with Crippen molar-refractivity contribution in [2.24, 2.45) is 5.92 Å². The Kier molecular flexibility index (Phi) is 4.78. The Morgan fingerprint density at radius 1 is 1.18 bits per heavy atom. The number of thiophene rings is 1. The Labute approximate surface area is 171 Å². The first kappa shape index (κ1) is 17.7. The van der Waals surface area contributed by atoms with Crippen molar-refractivity contribution in [3.63, 3.8) is 0 Å². The number of fused-ring (bicyclic) bond motifs is 1. The molecule has 2 aromatic heterocycles. The number of thiazole rings is 1. The average molecular weight is 413 g/mol. The number of nitrogens with zero attached hydrogens (tertiary/aromatic N) is 1. The predicted octanol–water partition coefficient (Wildman–Crippen LogP) is 4.45. The molecule has 5 nitrogen and oxygen atoms in total. The summed E-state index contributed by atoms with van der Waals surface area (Å²) in [6.45, 7) is 1.14. The zero-order chi connectivity index (χ0) is 18.9. The summed E-state index contributed by atoms with van der Waals surface area (Å²) in [5.41, 5.74) is 1.90. The summed E-state index contributed by atoms with van der Waals surface area (Å²) in [4.78, 5) is 18.5. The molecule has 3 aromatic rings. The maximum absolute atomic E-state index is 12.7. The van der Waals surface area contributed by atoms with Crippen molar-refractivity contribution < 1.29 is 14.3 Å². The van der Waals surface area contributed by atoms with Crippen molar-refractivity contribution in [2.75, 3.05) is 13.2 Å². The van der Waals surface area contributed by atoms with Gasteiger partial charge in [-0.15, -0.1) is 22.7 Å². The molecule has 1 N–H and O–H groups in total. The highest BCUT2D eigenvalue weighted by atomic mass is 32.1. The standard InChI is InChI=1S/C21H20N2O3S2/c24-19(11-15-12-28-21(22-15)18-2-1-9-27-18)23-20(13-3-4-13)14-5-6-16-17(10-14)26-8-7-25-16/h1-2,5-6,9-10,12-13,20H,3-4,7-8,11H2,(H,23,24). The fourth-order valence-corrected chi connectivity index (χ4v) is 5.08. The number of amides is 1. The third-order valence-corrected chi connectivity index (χ3v) is 6.89. The van der Waals surface area contributed by atoms with E-state index in [-0.39, 0.29) is 11.9 Å². The SMILES string of the molecule is O=C(Cc1csc(-c2cccs2)n1)NC(c1ccc2c(c1)OCCO2)C1CC1. The highest BCUT2D eigenvalue weighted by molar-refractivity contribution is 7.20. The molecular weight excluding hydrogens is 392 g/mol. The van der Waals surface area contributed by atoms with Crippen LogP contribution in [-0.4, -0.2) is 24.1 Å². The number of hydrogen-bond donors (Lipinski definition) is 1.